The molecule has 4 amide bonds. The Morgan fingerprint density at radius 3 is 2.40 bits per heavy atom. The molecule has 3 aromatic rings. The van der Waals surface area contributed by atoms with E-state index in [4.69, 9.17) is 14.3 Å². The van der Waals surface area contributed by atoms with E-state index in [1.807, 2.05) is 54.6 Å². The fourth-order valence-electron chi connectivity index (χ4n) is 7.28. The molecule has 1 unspecified atom stereocenters. The predicted molar refractivity (Wildman–Crippen MR) is 225 cm³/mol. The Balaban J connectivity index is 1.24. The smallest absolute Gasteiger partial charge is 0.410 e. The van der Waals surface area contributed by atoms with Crippen molar-refractivity contribution in [2.45, 2.75) is 123 Å². The molecule has 4 N–H and O–H groups in total. The maximum atomic E-state index is 14.4. The van der Waals surface area contributed by atoms with Crippen molar-refractivity contribution in [2.75, 3.05) is 13.1 Å². The topological polar surface area (TPSA) is 159 Å². The number of allylic oxidation sites excluding steroid dienone is 2. The van der Waals surface area contributed by atoms with Crippen LogP contribution in [0.5, 0.6) is 5.75 Å². The van der Waals surface area contributed by atoms with Gasteiger partial charge in [-0.3, -0.25) is 24.6 Å². The van der Waals surface area contributed by atoms with E-state index in [2.05, 4.69) is 16.1 Å². The molecule has 0 aromatic heterocycles. The van der Waals surface area contributed by atoms with Crippen molar-refractivity contribution in [1.82, 2.24) is 25.9 Å². The van der Waals surface area contributed by atoms with Gasteiger partial charge in [-0.2, -0.15) is 5.48 Å². The number of halogens is 1. The first-order chi connectivity index (χ1) is 28.7. The number of nitrogens with one attached hydrogen (secondary N) is 3. The van der Waals surface area contributed by atoms with Crippen LogP contribution in [0.1, 0.15) is 90.7 Å². The molecule has 0 saturated heterocycles. The summed E-state index contributed by atoms with van der Waals surface area (Å²) in [6.07, 6.45) is 4.92. The summed E-state index contributed by atoms with van der Waals surface area (Å²) < 4.78 is 25.9. The highest BCUT2D eigenvalue weighted by atomic mass is 19.1. The molecule has 5 atom stereocenters. The molecule has 2 aliphatic heterocycles. The molecule has 13 nitrogen and oxygen atoms in total. The second-order valence-corrected chi connectivity index (χ2v) is 16.5. The Labute approximate surface area is 352 Å². The van der Waals surface area contributed by atoms with Crippen molar-refractivity contribution < 1.29 is 43.0 Å². The number of hydroxylamine groups is 1. The van der Waals surface area contributed by atoms with Crippen LogP contribution in [0.3, 0.4) is 0 Å². The van der Waals surface area contributed by atoms with Crippen LogP contribution in [0.2, 0.25) is 0 Å². The van der Waals surface area contributed by atoms with Gasteiger partial charge in [0, 0.05) is 25.1 Å². The highest BCUT2D eigenvalue weighted by Crippen LogP contribution is 2.26. The van der Waals surface area contributed by atoms with E-state index in [9.17, 15) is 28.7 Å². The molecule has 14 heteroatoms. The van der Waals surface area contributed by atoms with Crippen LogP contribution in [-0.2, 0) is 36.9 Å². The van der Waals surface area contributed by atoms with Crippen molar-refractivity contribution in [1.29, 1.82) is 0 Å². The summed E-state index contributed by atoms with van der Waals surface area (Å²) >= 11 is 0. The van der Waals surface area contributed by atoms with Gasteiger partial charge in [0.25, 0.3) is 5.91 Å². The monoisotopic (exact) mass is 829 g/mol. The minimum absolute atomic E-state index is 0.0561. The number of aliphatic hydroxyl groups excluding tert-OH is 1. The van der Waals surface area contributed by atoms with Gasteiger partial charge >= 0.3 is 6.09 Å². The zero-order chi connectivity index (χ0) is 43.2. The first-order valence-electron chi connectivity index (χ1n) is 20.9. The SMILES string of the molecule is C[C@H](CN1C(=O)[C@@H](NC(O)OC(C)(C)C)CCCCC/C=C\[C@@H](CC(=O)NOc2ccc(-c3ccccc3)cc2)CCNC(=O)[C@@H]1C)OC(=O)N1Cc2cccc(F)c2C1. The first kappa shape index (κ1) is 45.8. The molecule has 3 aromatic carbocycles. The van der Waals surface area contributed by atoms with Gasteiger partial charge in [0.05, 0.1) is 24.7 Å². The van der Waals surface area contributed by atoms with Crippen LogP contribution in [0, 0.1) is 11.7 Å². The Bertz CT molecular complexity index is 1920. The molecule has 0 bridgehead atoms. The second-order valence-electron chi connectivity index (χ2n) is 16.5. The van der Waals surface area contributed by atoms with Crippen LogP contribution in [0.25, 0.3) is 11.1 Å². The third kappa shape index (κ3) is 13.9. The number of carbonyl (C=O) groups excluding carboxylic acids is 4. The van der Waals surface area contributed by atoms with Crippen molar-refractivity contribution in [3.8, 4) is 16.9 Å². The van der Waals surface area contributed by atoms with Gasteiger partial charge in [-0.25, -0.2) is 9.18 Å². The quantitative estimate of drug-likeness (QED) is 0.0933. The molecule has 0 radical (unpaired) electrons. The lowest BCUT2D eigenvalue weighted by molar-refractivity contribution is -0.188. The maximum Gasteiger partial charge on any atom is 0.410 e. The molecular weight excluding hydrogens is 770 g/mol. The third-order valence-corrected chi connectivity index (χ3v) is 10.5. The molecule has 2 heterocycles. The summed E-state index contributed by atoms with van der Waals surface area (Å²) in [6.45, 7) is 8.89. The average Bonchev–Trinajstić information content (AvgIpc) is 3.66. The lowest BCUT2D eigenvalue weighted by Gasteiger charge is -2.35. The normalized spacial score (nSPS) is 21.0. The van der Waals surface area contributed by atoms with Crippen LogP contribution in [0.4, 0.5) is 9.18 Å². The van der Waals surface area contributed by atoms with E-state index in [-0.39, 0.29) is 44.4 Å². The molecule has 5 rings (SSSR count). The van der Waals surface area contributed by atoms with E-state index in [1.165, 1.54) is 15.9 Å². The van der Waals surface area contributed by atoms with E-state index in [0.29, 0.717) is 36.1 Å². The average molecular weight is 830 g/mol. The Hall–Kier alpha value is -5.31. The first-order valence-corrected chi connectivity index (χ1v) is 20.9. The van der Waals surface area contributed by atoms with Gasteiger partial charge in [0.2, 0.25) is 18.2 Å². The highest BCUT2D eigenvalue weighted by molar-refractivity contribution is 5.89. The number of benzene rings is 3. The molecule has 324 valence electrons. The fraction of sp³-hybridized carbons (Fsp3) is 0.478. The number of hydrogen-bond acceptors (Lipinski definition) is 9. The molecule has 2 aliphatic rings. The second kappa shape index (κ2) is 21.8. The standard InChI is InChI=1S/C46H60FN5O8/c1-31(58-45(57)51-29-36-18-14-19-39(47)38(36)30-51)28-52-32(2)42(54)48-26-25-33(15-10-7-6-8-13-20-40(43(52)55)49-44(56)59-46(3,4)5)27-41(53)50-60-37-23-21-35(22-24-37)34-16-11-9-12-17-34/h9-12,14-19,21-24,31-33,40,44,49,56H,6-8,13,20,25-30H2,1-5H3,(H,48,54)(H,50,53)/b15-10-/t31-,32+,33-,40+,44?/m1/s1. The lowest BCUT2D eigenvalue weighted by atomic mass is 9.98. The van der Waals surface area contributed by atoms with Crippen molar-refractivity contribution in [2.24, 2.45) is 5.92 Å². The molecule has 0 spiro atoms. The minimum Gasteiger partial charge on any atom is -0.444 e. The minimum atomic E-state index is -1.47. The van der Waals surface area contributed by atoms with Crippen LogP contribution in [0.15, 0.2) is 84.9 Å². The van der Waals surface area contributed by atoms with Crippen LogP contribution in [-0.4, -0.2) is 82.0 Å². The van der Waals surface area contributed by atoms with Gasteiger partial charge in [0.1, 0.15) is 18.0 Å². The highest BCUT2D eigenvalue weighted by Gasteiger charge is 2.35. The van der Waals surface area contributed by atoms with Crippen LogP contribution < -0.4 is 21.0 Å². The molecule has 0 saturated carbocycles. The number of fused-ring (bicyclic) bond motifs is 1. The number of ether oxygens (including phenoxy) is 2. The Morgan fingerprint density at radius 2 is 1.68 bits per heavy atom. The zero-order valence-corrected chi connectivity index (χ0v) is 35.3. The van der Waals surface area contributed by atoms with E-state index in [0.717, 1.165) is 30.4 Å². The predicted octanol–water partition coefficient (Wildman–Crippen LogP) is 6.74. The van der Waals surface area contributed by atoms with Crippen molar-refractivity contribution in [3.05, 3.63) is 102 Å². The summed E-state index contributed by atoms with van der Waals surface area (Å²) in [5, 5.41) is 16.7. The van der Waals surface area contributed by atoms with E-state index >= 15 is 0 Å². The molecule has 0 fully saturated rings. The summed E-state index contributed by atoms with van der Waals surface area (Å²) in [4.78, 5) is 62.9. The number of rotatable bonds is 11. The largest absolute Gasteiger partial charge is 0.444 e. The van der Waals surface area contributed by atoms with Gasteiger partial charge < -0.3 is 29.6 Å². The molecule has 0 aliphatic carbocycles. The van der Waals surface area contributed by atoms with E-state index < -0.39 is 53.9 Å². The Kier molecular flexibility index (Phi) is 16.6. The third-order valence-electron chi connectivity index (χ3n) is 10.5. The maximum absolute atomic E-state index is 14.4. The van der Waals surface area contributed by atoms with Gasteiger partial charge in [-0.15, -0.1) is 0 Å². The number of nitrogens with zero attached hydrogens (tertiary/aromatic N) is 2. The fourth-order valence-corrected chi connectivity index (χ4v) is 7.28. The van der Waals surface area contributed by atoms with E-state index in [1.54, 1.807) is 58.9 Å². The van der Waals surface area contributed by atoms with Gasteiger partial charge in [-0.1, -0.05) is 79.6 Å². The van der Waals surface area contributed by atoms with Crippen LogP contribution >= 0.6 is 0 Å². The summed E-state index contributed by atoms with van der Waals surface area (Å²) in [6, 6.07) is 20.1. The number of carbonyl (C=O) groups is 4. The summed E-state index contributed by atoms with van der Waals surface area (Å²) in [5.74, 6) is -1.34. The van der Waals surface area contributed by atoms with Crippen molar-refractivity contribution in [3.63, 3.8) is 0 Å². The number of hydrogen-bond donors (Lipinski definition) is 4. The summed E-state index contributed by atoms with van der Waals surface area (Å²) in [5.41, 5.74) is 5.06. The summed E-state index contributed by atoms with van der Waals surface area (Å²) in [7, 11) is 0. The number of amides is 4. The number of aliphatic hydroxyl groups is 1. The zero-order valence-electron chi connectivity index (χ0n) is 35.3. The molecular formula is C46H60FN5O8. The van der Waals surface area contributed by atoms with Crippen molar-refractivity contribution >= 4 is 23.8 Å². The van der Waals surface area contributed by atoms with Gasteiger partial charge in [-0.05, 0) is 101 Å². The molecule has 60 heavy (non-hydrogen) atoms. The van der Waals surface area contributed by atoms with Gasteiger partial charge in [0.15, 0.2) is 5.75 Å². The Morgan fingerprint density at radius 1 is 0.950 bits per heavy atom. The lowest BCUT2D eigenvalue weighted by Crippen LogP contribution is -2.58.